The first-order chi connectivity index (χ1) is 10.6. The second kappa shape index (κ2) is 7.23. The van der Waals surface area contributed by atoms with E-state index < -0.39 is 6.23 Å². The standard InChI is InChI=1S/C16H29N3O3/c1-17-7-9-18(10-8-17)12-15-14(11-16(22-15)19(20)21)13-5-3-2-4-6-13/h13-16H,2-12H2,1H3. The fourth-order valence-corrected chi connectivity index (χ4v) is 4.40. The zero-order chi connectivity index (χ0) is 15.5. The highest BCUT2D eigenvalue weighted by Crippen LogP contribution is 2.40. The first-order valence-electron chi connectivity index (χ1n) is 8.83. The third-order valence-corrected chi connectivity index (χ3v) is 5.81. The normalized spacial score (nSPS) is 35.8. The lowest BCUT2D eigenvalue weighted by atomic mass is 9.76. The number of likely N-dealkylation sites (N-methyl/N-ethyl adjacent to an activating group) is 1. The molecule has 1 saturated carbocycles. The van der Waals surface area contributed by atoms with E-state index in [4.69, 9.17) is 4.74 Å². The van der Waals surface area contributed by atoms with Crippen molar-refractivity contribution in [3.8, 4) is 0 Å². The summed E-state index contributed by atoms with van der Waals surface area (Å²) in [5.41, 5.74) is 0. The molecule has 0 bridgehead atoms. The molecule has 1 aliphatic carbocycles. The summed E-state index contributed by atoms with van der Waals surface area (Å²) in [7, 11) is 2.15. The maximum Gasteiger partial charge on any atom is 0.316 e. The molecule has 2 heterocycles. The third-order valence-electron chi connectivity index (χ3n) is 5.81. The first kappa shape index (κ1) is 16.1. The highest BCUT2D eigenvalue weighted by atomic mass is 16.7. The van der Waals surface area contributed by atoms with Crippen LogP contribution in [0.3, 0.4) is 0 Å². The molecule has 6 nitrogen and oxygen atoms in total. The zero-order valence-electron chi connectivity index (χ0n) is 13.7. The molecule has 3 atom stereocenters. The van der Waals surface area contributed by atoms with Gasteiger partial charge in [0.15, 0.2) is 0 Å². The summed E-state index contributed by atoms with van der Waals surface area (Å²) in [5.74, 6) is 1.02. The minimum absolute atomic E-state index is 0.0573. The number of nitro groups is 1. The van der Waals surface area contributed by atoms with Crippen LogP contribution in [-0.2, 0) is 4.74 Å². The minimum atomic E-state index is -0.774. The maximum atomic E-state index is 11.2. The Morgan fingerprint density at radius 1 is 1.14 bits per heavy atom. The molecule has 0 N–H and O–H groups in total. The number of hydrogen-bond acceptors (Lipinski definition) is 5. The van der Waals surface area contributed by atoms with E-state index in [1.54, 1.807) is 0 Å². The summed E-state index contributed by atoms with van der Waals surface area (Å²) in [4.78, 5) is 15.7. The van der Waals surface area contributed by atoms with Gasteiger partial charge in [0.2, 0.25) is 0 Å². The van der Waals surface area contributed by atoms with Crippen LogP contribution in [0.2, 0.25) is 0 Å². The van der Waals surface area contributed by atoms with E-state index in [1.165, 1.54) is 32.1 Å². The molecule has 22 heavy (non-hydrogen) atoms. The van der Waals surface area contributed by atoms with Crippen molar-refractivity contribution in [1.29, 1.82) is 0 Å². The Morgan fingerprint density at radius 2 is 1.82 bits per heavy atom. The van der Waals surface area contributed by atoms with Crippen molar-refractivity contribution < 1.29 is 9.66 Å². The van der Waals surface area contributed by atoms with Gasteiger partial charge in [-0.1, -0.05) is 32.1 Å². The van der Waals surface area contributed by atoms with Gasteiger partial charge in [-0.15, -0.1) is 0 Å². The van der Waals surface area contributed by atoms with Gasteiger partial charge in [0, 0.05) is 39.1 Å². The predicted octanol–water partition coefficient (Wildman–Crippen LogP) is 1.82. The van der Waals surface area contributed by atoms with Crippen LogP contribution in [-0.4, -0.2) is 66.8 Å². The number of hydrogen-bond donors (Lipinski definition) is 0. The quantitative estimate of drug-likeness (QED) is 0.585. The molecule has 3 aliphatic rings. The minimum Gasteiger partial charge on any atom is -0.312 e. The molecule has 0 amide bonds. The highest BCUT2D eigenvalue weighted by Gasteiger charge is 2.45. The van der Waals surface area contributed by atoms with Crippen LogP contribution in [0.25, 0.3) is 0 Å². The summed E-state index contributed by atoms with van der Waals surface area (Å²) in [6, 6.07) is 0. The van der Waals surface area contributed by atoms with Crippen molar-refractivity contribution in [3.05, 3.63) is 10.1 Å². The van der Waals surface area contributed by atoms with Gasteiger partial charge in [-0.3, -0.25) is 15.0 Å². The summed E-state index contributed by atoms with van der Waals surface area (Å²) in [6.07, 6.45) is 6.26. The Labute approximate surface area is 132 Å². The van der Waals surface area contributed by atoms with Crippen molar-refractivity contribution in [3.63, 3.8) is 0 Å². The Morgan fingerprint density at radius 3 is 2.45 bits per heavy atom. The van der Waals surface area contributed by atoms with Gasteiger partial charge in [-0.05, 0) is 18.9 Å². The lowest BCUT2D eigenvalue weighted by Gasteiger charge is -2.36. The lowest BCUT2D eigenvalue weighted by molar-refractivity contribution is -0.571. The van der Waals surface area contributed by atoms with Crippen molar-refractivity contribution in [2.45, 2.75) is 50.9 Å². The van der Waals surface area contributed by atoms with Crippen LogP contribution >= 0.6 is 0 Å². The van der Waals surface area contributed by atoms with E-state index in [1.807, 2.05) is 0 Å². The Bertz CT molecular complexity index is 379. The number of piperazine rings is 1. The number of rotatable bonds is 4. The average molecular weight is 311 g/mol. The van der Waals surface area contributed by atoms with E-state index in [-0.39, 0.29) is 11.0 Å². The molecule has 2 aliphatic heterocycles. The van der Waals surface area contributed by atoms with E-state index in [2.05, 4.69) is 16.8 Å². The summed E-state index contributed by atoms with van der Waals surface area (Å²) in [6.45, 7) is 5.14. The van der Waals surface area contributed by atoms with Crippen molar-refractivity contribution in [2.75, 3.05) is 39.8 Å². The van der Waals surface area contributed by atoms with Gasteiger partial charge in [-0.2, -0.15) is 0 Å². The van der Waals surface area contributed by atoms with Gasteiger partial charge in [0.05, 0.1) is 11.0 Å². The van der Waals surface area contributed by atoms with Crippen LogP contribution in [0.4, 0.5) is 0 Å². The molecule has 126 valence electrons. The van der Waals surface area contributed by atoms with Gasteiger partial charge in [-0.25, -0.2) is 0 Å². The topological polar surface area (TPSA) is 58.8 Å². The molecule has 3 rings (SSSR count). The highest BCUT2D eigenvalue weighted by molar-refractivity contribution is 4.88. The Kier molecular flexibility index (Phi) is 5.31. The molecule has 3 unspecified atom stereocenters. The largest absolute Gasteiger partial charge is 0.316 e. The Hall–Kier alpha value is -0.720. The van der Waals surface area contributed by atoms with Crippen LogP contribution in [0, 0.1) is 22.0 Å². The van der Waals surface area contributed by atoms with Crippen LogP contribution in [0.5, 0.6) is 0 Å². The molecule has 6 heteroatoms. The van der Waals surface area contributed by atoms with Gasteiger partial charge >= 0.3 is 6.23 Å². The van der Waals surface area contributed by atoms with Gasteiger partial charge < -0.3 is 9.64 Å². The smallest absolute Gasteiger partial charge is 0.312 e. The molecule has 0 aromatic carbocycles. The number of nitrogens with zero attached hydrogens (tertiary/aromatic N) is 3. The van der Waals surface area contributed by atoms with Crippen LogP contribution < -0.4 is 0 Å². The third kappa shape index (κ3) is 3.78. The predicted molar refractivity (Wildman–Crippen MR) is 84.3 cm³/mol. The molecule has 0 spiro atoms. The SMILES string of the molecule is CN1CCN(CC2OC([N+](=O)[O-])CC2C2CCCCC2)CC1. The monoisotopic (exact) mass is 311 g/mol. The molecule has 0 aromatic rings. The lowest BCUT2D eigenvalue weighted by Crippen LogP contribution is -2.48. The summed E-state index contributed by atoms with van der Waals surface area (Å²) >= 11 is 0. The molecular weight excluding hydrogens is 282 g/mol. The van der Waals surface area contributed by atoms with Crippen LogP contribution in [0.1, 0.15) is 38.5 Å². The van der Waals surface area contributed by atoms with Crippen molar-refractivity contribution in [2.24, 2.45) is 11.8 Å². The van der Waals surface area contributed by atoms with E-state index in [0.717, 1.165) is 32.7 Å². The second-order valence-corrected chi connectivity index (χ2v) is 7.32. The van der Waals surface area contributed by atoms with E-state index in [0.29, 0.717) is 18.3 Å². The molecule has 0 aromatic heterocycles. The molecule has 0 radical (unpaired) electrons. The number of ether oxygens (including phenoxy) is 1. The first-order valence-corrected chi connectivity index (χ1v) is 8.83. The fourth-order valence-electron chi connectivity index (χ4n) is 4.40. The maximum absolute atomic E-state index is 11.2. The van der Waals surface area contributed by atoms with Crippen molar-refractivity contribution in [1.82, 2.24) is 9.80 Å². The van der Waals surface area contributed by atoms with E-state index >= 15 is 0 Å². The average Bonchev–Trinajstić information content (AvgIpc) is 2.95. The molecule has 2 saturated heterocycles. The van der Waals surface area contributed by atoms with Gasteiger partial charge in [0.1, 0.15) is 0 Å². The Balaban J connectivity index is 1.61. The second-order valence-electron chi connectivity index (χ2n) is 7.32. The van der Waals surface area contributed by atoms with Gasteiger partial charge in [0.25, 0.3) is 0 Å². The molecular formula is C16H29N3O3. The summed E-state index contributed by atoms with van der Waals surface area (Å²) < 4.78 is 5.86. The van der Waals surface area contributed by atoms with Crippen LogP contribution in [0.15, 0.2) is 0 Å². The summed E-state index contributed by atoms with van der Waals surface area (Å²) in [5, 5.41) is 11.2. The van der Waals surface area contributed by atoms with Crippen molar-refractivity contribution >= 4 is 0 Å². The zero-order valence-corrected chi connectivity index (χ0v) is 13.7. The van der Waals surface area contributed by atoms with E-state index in [9.17, 15) is 10.1 Å². The fraction of sp³-hybridized carbons (Fsp3) is 1.00. The molecule has 3 fully saturated rings.